The molecular weight excluding hydrogens is 440 g/mol. The molecule has 0 heterocycles. The van der Waals surface area contributed by atoms with E-state index in [1.165, 1.54) is 0 Å². The van der Waals surface area contributed by atoms with Gasteiger partial charge in [0.25, 0.3) is 5.91 Å². The van der Waals surface area contributed by atoms with Crippen LogP contribution in [0.3, 0.4) is 0 Å². The van der Waals surface area contributed by atoms with Crippen molar-refractivity contribution >= 4 is 56.0 Å². The standard InChI is InChI=1S/C14H10BrClINO/c15-10-3-6-13(17)12(7-10)14(19)18-8-9-1-4-11(16)5-2-9/h1-7H,8H2,(H,18,19). The first-order chi connectivity index (χ1) is 9.06. The zero-order valence-corrected chi connectivity index (χ0v) is 14.3. The largest absolute Gasteiger partial charge is 0.348 e. The van der Waals surface area contributed by atoms with Crippen LogP contribution < -0.4 is 5.32 Å². The molecule has 98 valence electrons. The van der Waals surface area contributed by atoms with Crippen molar-refractivity contribution in [2.45, 2.75) is 6.54 Å². The van der Waals surface area contributed by atoms with Gasteiger partial charge in [-0.1, -0.05) is 39.7 Å². The molecule has 0 unspecified atom stereocenters. The Kier molecular flexibility index (Phi) is 5.24. The Morgan fingerprint density at radius 2 is 1.89 bits per heavy atom. The van der Waals surface area contributed by atoms with Gasteiger partial charge in [0, 0.05) is 19.6 Å². The molecule has 0 spiro atoms. The SMILES string of the molecule is O=C(NCc1ccc(Cl)cc1)c1cc(Br)ccc1I. The average molecular weight is 451 g/mol. The van der Waals surface area contributed by atoms with Crippen LogP contribution in [0.25, 0.3) is 0 Å². The van der Waals surface area contributed by atoms with Crippen molar-refractivity contribution in [3.05, 3.63) is 66.7 Å². The molecule has 1 N–H and O–H groups in total. The Hall–Kier alpha value is -0.590. The van der Waals surface area contributed by atoms with Gasteiger partial charge in [0.15, 0.2) is 0 Å². The van der Waals surface area contributed by atoms with E-state index in [4.69, 9.17) is 11.6 Å². The minimum atomic E-state index is -0.0827. The van der Waals surface area contributed by atoms with Crippen LogP contribution in [-0.2, 0) is 6.54 Å². The summed E-state index contributed by atoms with van der Waals surface area (Å²) < 4.78 is 1.82. The number of halogens is 3. The van der Waals surface area contributed by atoms with Crippen molar-refractivity contribution in [1.82, 2.24) is 5.32 Å². The van der Waals surface area contributed by atoms with E-state index < -0.39 is 0 Å². The second kappa shape index (κ2) is 6.72. The number of hydrogen-bond donors (Lipinski definition) is 1. The number of carbonyl (C=O) groups excluding carboxylic acids is 1. The maximum absolute atomic E-state index is 12.1. The highest BCUT2D eigenvalue weighted by Crippen LogP contribution is 2.18. The summed E-state index contributed by atoms with van der Waals surface area (Å²) in [6.07, 6.45) is 0. The first kappa shape index (κ1) is 14.8. The number of rotatable bonds is 3. The lowest BCUT2D eigenvalue weighted by Crippen LogP contribution is -2.23. The predicted molar refractivity (Wildman–Crippen MR) is 89.5 cm³/mol. The summed E-state index contributed by atoms with van der Waals surface area (Å²) in [6, 6.07) is 13.1. The summed E-state index contributed by atoms with van der Waals surface area (Å²) in [5.41, 5.74) is 1.69. The highest BCUT2D eigenvalue weighted by molar-refractivity contribution is 14.1. The lowest BCUT2D eigenvalue weighted by Gasteiger charge is -2.07. The molecular formula is C14H10BrClINO. The lowest BCUT2D eigenvalue weighted by atomic mass is 10.2. The summed E-state index contributed by atoms with van der Waals surface area (Å²) in [7, 11) is 0. The van der Waals surface area contributed by atoms with E-state index in [0.29, 0.717) is 17.1 Å². The molecule has 0 aliphatic rings. The summed E-state index contributed by atoms with van der Waals surface area (Å²) in [5, 5.41) is 3.59. The van der Waals surface area contributed by atoms with E-state index in [9.17, 15) is 4.79 Å². The number of hydrogen-bond acceptors (Lipinski definition) is 1. The molecule has 19 heavy (non-hydrogen) atoms. The predicted octanol–water partition coefficient (Wildman–Crippen LogP) is 4.64. The highest BCUT2D eigenvalue weighted by Gasteiger charge is 2.10. The molecule has 2 aromatic carbocycles. The maximum Gasteiger partial charge on any atom is 0.252 e. The molecule has 0 aromatic heterocycles. The minimum absolute atomic E-state index is 0.0827. The van der Waals surface area contributed by atoms with Crippen LogP contribution in [0.4, 0.5) is 0 Å². The zero-order chi connectivity index (χ0) is 13.8. The Labute approximate surface area is 138 Å². The van der Waals surface area contributed by atoms with Crippen LogP contribution in [0.15, 0.2) is 46.9 Å². The smallest absolute Gasteiger partial charge is 0.252 e. The van der Waals surface area contributed by atoms with Crippen LogP contribution in [0.1, 0.15) is 15.9 Å². The molecule has 2 nitrogen and oxygen atoms in total. The third-order valence-electron chi connectivity index (χ3n) is 2.54. The van der Waals surface area contributed by atoms with Crippen LogP contribution in [0.2, 0.25) is 5.02 Å². The molecule has 0 fully saturated rings. The van der Waals surface area contributed by atoms with Crippen LogP contribution in [-0.4, -0.2) is 5.91 Å². The first-order valence-electron chi connectivity index (χ1n) is 5.54. The van der Waals surface area contributed by atoms with Gasteiger partial charge in [-0.15, -0.1) is 0 Å². The maximum atomic E-state index is 12.1. The van der Waals surface area contributed by atoms with Gasteiger partial charge in [0.1, 0.15) is 0 Å². The van der Waals surface area contributed by atoms with Crippen molar-refractivity contribution in [2.24, 2.45) is 0 Å². The van der Waals surface area contributed by atoms with Crippen molar-refractivity contribution in [3.63, 3.8) is 0 Å². The van der Waals surface area contributed by atoms with Gasteiger partial charge in [-0.3, -0.25) is 4.79 Å². The first-order valence-corrected chi connectivity index (χ1v) is 7.79. The molecule has 0 atom stereocenters. The molecule has 5 heteroatoms. The third kappa shape index (κ3) is 4.19. The van der Waals surface area contributed by atoms with Crippen LogP contribution >= 0.6 is 50.1 Å². The van der Waals surface area contributed by atoms with Crippen LogP contribution in [0, 0.1) is 3.57 Å². The Morgan fingerprint density at radius 3 is 2.58 bits per heavy atom. The number of amides is 1. The Morgan fingerprint density at radius 1 is 1.21 bits per heavy atom. The van der Waals surface area contributed by atoms with E-state index in [1.807, 2.05) is 42.5 Å². The number of nitrogens with one attached hydrogen (secondary N) is 1. The Balaban J connectivity index is 2.05. The Bertz CT molecular complexity index is 601. The fourth-order valence-electron chi connectivity index (χ4n) is 1.55. The second-order valence-electron chi connectivity index (χ2n) is 3.93. The summed E-state index contributed by atoms with van der Waals surface area (Å²) in [5.74, 6) is -0.0827. The topological polar surface area (TPSA) is 29.1 Å². The summed E-state index contributed by atoms with van der Waals surface area (Å²) in [4.78, 5) is 12.1. The molecule has 2 aromatic rings. The van der Waals surface area contributed by atoms with Gasteiger partial charge in [-0.2, -0.15) is 0 Å². The fourth-order valence-corrected chi connectivity index (χ4v) is 2.62. The number of benzene rings is 2. The molecule has 0 radical (unpaired) electrons. The summed E-state index contributed by atoms with van der Waals surface area (Å²) in [6.45, 7) is 0.485. The van der Waals surface area contributed by atoms with Crippen molar-refractivity contribution < 1.29 is 4.79 Å². The quantitative estimate of drug-likeness (QED) is 0.679. The van der Waals surface area contributed by atoms with Gasteiger partial charge < -0.3 is 5.32 Å². The van der Waals surface area contributed by atoms with E-state index in [1.54, 1.807) is 0 Å². The third-order valence-corrected chi connectivity index (χ3v) is 4.23. The van der Waals surface area contributed by atoms with Gasteiger partial charge in [0.2, 0.25) is 0 Å². The normalized spacial score (nSPS) is 10.3. The van der Waals surface area contributed by atoms with Gasteiger partial charge in [-0.05, 0) is 58.5 Å². The summed E-state index contributed by atoms with van der Waals surface area (Å²) >= 11 is 11.3. The minimum Gasteiger partial charge on any atom is -0.348 e. The number of carbonyl (C=O) groups is 1. The van der Waals surface area contributed by atoms with Crippen molar-refractivity contribution in [3.8, 4) is 0 Å². The fraction of sp³-hybridized carbons (Fsp3) is 0.0714. The lowest BCUT2D eigenvalue weighted by molar-refractivity contribution is 0.0950. The highest BCUT2D eigenvalue weighted by atomic mass is 127. The van der Waals surface area contributed by atoms with Crippen molar-refractivity contribution in [2.75, 3.05) is 0 Å². The molecule has 0 saturated carbocycles. The van der Waals surface area contributed by atoms with Gasteiger partial charge in [-0.25, -0.2) is 0 Å². The monoisotopic (exact) mass is 449 g/mol. The molecule has 0 saturated heterocycles. The van der Waals surface area contributed by atoms with Gasteiger partial charge >= 0.3 is 0 Å². The van der Waals surface area contributed by atoms with E-state index >= 15 is 0 Å². The molecule has 0 bridgehead atoms. The van der Waals surface area contributed by atoms with Crippen molar-refractivity contribution in [1.29, 1.82) is 0 Å². The van der Waals surface area contributed by atoms with E-state index in [-0.39, 0.29) is 5.91 Å². The molecule has 1 amide bonds. The molecule has 0 aliphatic carbocycles. The average Bonchev–Trinajstić information content (AvgIpc) is 2.40. The second-order valence-corrected chi connectivity index (χ2v) is 6.45. The molecule has 2 rings (SSSR count). The van der Waals surface area contributed by atoms with Crippen LogP contribution in [0.5, 0.6) is 0 Å². The zero-order valence-electron chi connectivity index (χ0n) is 9.79. The molecule has 0 aliphatic heterocycles. The van der Waals surface area contributed by atoms with E-state index in [0.717, 1.165) is 13.6 Å². The van der Waals surface area contributed by atoms with Gasteiger partial charge in [0.05, 0.1) is 5.56 Å². The van der Waals surface area contributed by atoms with E-state index in [2.05, 4.69) is 43.8 Å².